The summed E-state index contributed by atoms with van der Waals surface area (Å²) in [5.74, 6) is 0.521. The summed E-state index contributed by atoms with van der Waals surface area (Å²) < 4.78 is 6.85. The van der Waals surface area contributed by atoms with Crippen molar-refractivity contribution in [2.75, 3.05) is 20.2 Å². The molecule has 2 aromatic rings. The molecular weight excluding hydrogens is 304 g/mol. The second-order valence-corrected chi connectivity index (χ2v) is 5.46. The summed E-state index contributed by atoms with van der Waals surface area (Å²) in [4.78, 5) is 0. The normalized spacial score (nSPS) is 14.4. The molecule has 1 aliphatic rings. The van der Waals surface area contributed by atoms with Crippen LogP contribution >= 0.6 is 0 Å². The molecule has 1 saturated heterocycles. The van der Waals surface area contributed by atoms with Gasteiger partial charge in [0.2, 0.25) is 0 Å². The van der Waals surface area contributed by atoms with Crippen molar-refractivity contribution < 1.29 is 4.74 Å². The van der Waals surface area contributed by atoms with Crippen molar-refractivity contribution in [1.29, 1.82) is 10.7 Å². The maximum absolute atomic E-state index is 9.03. The van der Waals surface area contributed by atoms with E-state index < -0.39 is 0 Å². The van der Waals surface area contributed by atoms with Crippen molar-refractivity contribution in [2.24, 2.45) is 5.73 Å². The Balaban J connectivity index is 0.000000355. The molecule has 0 aliphatic carbocycles. The van der Waals surface area contributed by atoms with Crippen LogP contribution in [-0.4, -0.2) is 36.0 Å². The van der Waals surface area contributed by atoms with Gasteiger partial charge in [0, 0.05) is 29.2 Å². The number of hydrogen-bond donors (Lipinski definition) is 3. The Morgan fingerprint density at radius 3 is 2.67 bits per heavy atom. The van der Waals surface area contributed by atoms with Crippen LogP contribution in [0.3, 0.4) is 0 Å². The Labute approximate surface area is 141 Å². The number of pyridine rings is 1. The first kappa shape index (κ1) is 17.5. The fourth-order valence-electron chi connectivity index (χ4n) is 2.52. The summed E-state index contributed by atoms with van der Waals surface area (Å²) in [5, 5.41) is 23.8. The minimum absolute atomic E-state index is 0.438. The van der Waals surface area contributed by atoms with Crippen molar-refractivity contribution in [1.82, 2.24) is 14.9 Å². The number of aromatic nitrogens is 2. The summed E-state index contributed by atoms with van der Waals surface area (Å²) in [7, 11) is 1.52. The zero-order valence-corrected chi connectivity index (χ0v) is 14.0. The van der Waals surface area contributed by atoms with Crippen LogP contribution in [0.4, 0.5) is 0 Å². The highest BCUT2D eigenvalue weighted by Crippen LogP contribution is 2.27. The third-order valence-electron chi connectivity index (χ3n) is 3.75. The molecule has 1 aliphatic heterocycles. The molecule has 0 aromatic carbocycles. The molecule has 0 bridgehead atoms. The monoisotopic (exact) mass is 326 g/mol. The summed E-state index contributed by atoms with van der Waals surface area (Å²) >= 11 is 0. The van der Waals surface area contributed by atoms with Gasteiger partial charge in [-0.3, -0.25) is 0 Å². The molecule has 1 fully saturated rings. The van der Waals surface area contributed by atoms with Crippen LogP contribution in [0, 0.1) is 16.7 Å². The molecule has 2 aromatic heterocycles. The first-order valence-electron chi connectivity index (χ1n) is 7.75. The number of rotatable bonds is 3. The average molecular weight is 326 g/mol. The molecule has 0 radical (unpaired) electrons. The summed E-state index contributed by atoms with van der Waals surface area (Å²) in [5.41, 5.74) is 8.63. The van der Waals surface area contributed by atoms with Gasteiger partial charge in [0.15, 0.2) is 0 Å². The van der Waals surface area contributed by atoms with Crippen LogP contribution in [0.15, 0.2) is 24.2 Å². The van der Waals surface area contributed by atoms with Crippen molar-refractivity contribution >= 4 is 17.3 Å². The maximum atomic E-state index is 9.03. The van der Waals surface area contributed by atoms with Gasteiger partial charge < -0.3 is 21.2 Å². The maximum Gasteiger partial charge on any atom is 0.146 e. The van der Waals surface area contributed by atoms with Gasteiger partial charge in [-0.25, -0.2) is 4.52 Å². The Hall–Kier alpha value is -2.85. The van der Waals surface area contributed by atoms with Crippen LogP contribution in [0.1, 0.15) is 30.9 Å². The van der Waals surface area contributed by atoms with E-state index in [2.05, 4.69) is 16.5 Å². The molecule has 3 rings (SSSR count). The highest BCUT2D eigenvalue weighted by Gasteiger charge is 2.13. The summed E-state index contributed by atoms with van der Waals surface area (Å²) in [6, 6.07) is 3.81. The number of methoxy groups -OCH3 is 1. The van der Waals surface area contributed by atoms with Gasteiger partial charge >= 0.3 is 0 Å². The molecule has 3 heterocycles. The SMILES string of the molecule is C1CCNC1.COc1cc(/C(C=N)=C(\C)N)cn2ncc(C#N)c12. The fraction of sp³-hybridized carbons (Fsp3) is 0.353. The van der Waals surface area contributed by atoms with E-state index in [0.29, 0.717) is 33.7 Å². The quantitative estimate of drug-likeness (QED) is 0.746. The van der Waals surface area contributed by atoms with E-state index in [1.54, 1.807) is 23.7 Å². The Morgan fingerprint density at radius 2 is 2.21 bits per heavy atom. The number of nitrogens with two attached hydrogens (primary N) is 1. The van der Waals surface area contributed by atoms with Gasteiger partial charge in [-0.2, -0.15) is 10.4 Å². The molecule has 0 atom stereocenters. The third kappa shape index (κ3) is 3.73. The first-order chi connectivity index (χ1) is 11.6. The number of ether oxygens (including phenoxy) is 1. The molecule has 0 spiro atoms. The van der Waals surface area contributed by atoms with Gasteiger partial charge in [-0.1, -0.05) is 0 Å². The standard InChI is InChI=1S/C13H13N5O.C4H9N/c1-8(16)11(5-15)9-3-12(19-2)13-10(4-14)6-17-18(13)7-9;1-2-4-5-3-1/h3,5-7,15H,16H2,1-2H3;5H,1-4H2/b11-8+,15-5?;. The lowest BCUT2D eigenvalue weighted by Gasteiger charge is -2.09. The van der Waals surface area contributed by atoms with Crippen molar-refractivity contribution in [2.45, 2.75) is 19.8 Å². The molecule has 126 valence electrons. The van der Waals surface area contributed by atoms with Crippen molar-refractivity contribution in [3.8, 4) is 11.8 Å². The van der Waals surface area contributed by atoms with Gasteiger partial charge in [0.1, 0.15) is 22.9 Å². The molecule has 0 unspecified atom stereocenters. The lowest BCUT2D eigenvalue weighted by molar-refractivity contribution is 0.417. The molecule has 4 N–H and O–H groups in total. The largest absolute Gasteiger partial charge is 0.494 e. The highest BCUT2D eigenvalue weighted by molar-refractivity contribution is 6.09. The number of fused-ring (bicyclic) bond motifs is 1. The molecule has 7 nitrogen and oxygen atoms in total. The van der Waals surface area contributed by atoms with Gasteiger partial charge in [0.05, 0.1) is 13.3 Å². The second-order valence-electron chi connectivity index (χ2n) is 5.46. The van der Waals surface area contributed by atoms with E-state index in [9.17, 15) is 0 Å². The molecule has 0 amide bonds. The smallest absolute Gasteiger partial charge is 0.146 e. The minimum atomic E-state index is 0.438. The number of hydrogen-bond acceptors (Lipinski definition) is 6. The van der Waals surface area contributed by atoms with Crippen molar-refractivity contribution in [3.63, 3.8) is 0 Å². The van der Waals surface area contributed by atoms with E-state index in [0.717, 1.165) is 0 Å². The second kappa shape index (κ2) is 8.13. The minimum Gasteiger partial charge on any atom is -0.494 e. The summed E-state index contributed by atoms with van der Waals surface area (Å²) in [6.07, 6.45) is 7.16. The van der Waals surface area contributed by atoms with E-state index >= 15 is 0 Å². The van der Waals surface area contributed by atoms with Gasteiger partial charge in [-0.15, -0.1) is 0 Å². The zero-order valence-electron chi connectivity index (χ0n) is 14.0. The number of nitrogens with one attached hydrogen (secondary N) is 2. The van der Waals surface area contributed by atoms with Crippen LogP contribution in [0.2, 0.25) is 0 Å². The molecule has 7 heteroatoms. The highest BCUT2D eigenvalue weighted by atomic mass is 16.5. The molecule has 0 saturated carbocycles. The van der Waals surface area contributed by atoms with Crippen LogP contribution in [-0.2, 0) is 0 Å². The lowest BCUT2D eigenvalue weighted by Crippen LogP contribution is -2.03. The number of allylic oxidation sites excluding steroid dienone is 2. The first-order valence-corrected chi connectivity index (χ1v) is 7.75. The van der Waals surface area contributed by atoms with E-state index in [1.165, 1.54) is 45.5 Å². The average Bonchev–Trinajstić information content (AvgIpc) is 3.27. The van der Waals surface area contributed by atoms with E-state index in [4.69, 9.17) is 21.1 Å². The molecular formula is C17H22N6O. The topological polar surface area (TPSA) is 112 Å². The van der Waals surface area contributed by atoms with Gasteiger partial charge in [0.25, 0.3) is 0 Å². The predicted octanol–water partition coefficient (Wildman–Crippen LogP) is 1.92. The Bertz CT molecular complexity index is 784. The van der Waals surface area contributed by atoms with E-state index in [1.807, 2.05) is 0 Å². The van der Waals surface area contributed by atoms with E-state index in [-0.39, 0.29) is 0 Å². The number of nitrogens with zero attached hydrogens (tertiary/aromatic N) is 3. The Morgan fingerprint density at radius 1 is 1.50 bits per heavy atom. The Kier molecular flexibility index (Phi) is 5.93. The third-order valence-corrected chi connectivity index (χ3v) is 3.75. The van der Waals surface area contributed by atoms with Crippen molar-refractivity contribution in [3.05, 3.63) is 35.3 Å². The van der Waals surface area contributed by atoms with Crippen LogP contribution < -0.4 is 15.8 Å². The van der Waals surface area contributed by atoms with Gasteiger partial charge in [-0.05, 0) is 38.9 Å². The summed E-state index contributed by atoms with van der Waals surface area (Å²) in [6.45, 7) is 4.22. The fourth-order valence-corrected chi connectivity index (χ4v) is 2.52. The van der Waals surface area contributed by atoms with Crippen LogP contribution in [0.5, 0.6) is 5.75 Å². The zero-order chi connectivity index (χ0) is 17.5. The lowest BCUT2D eigenvalue weighted by atomic mass is 10.1. The van der Waals surface area contributed by atoms with Crippen LogP contribution in [0.25, 0.3) is 11.1 Å². The predicted molar refractivity (Wildman–Crippen MR) is 94.1 cm³/mol. The molecule has 24 heavy (non-hydrogen) atoms. The number of nitriles is 1.